The van der Waals surface area contributed by atoms with E-state index in [9.17, 15) is 28.5 Å². The molecule has 2 atom stereocenters. The third-order valence-electron chi connectivity index (χ3n) is 4.63. The van der Waals surface area contributed by atoms with Gasteiger partial charge in [-0.05, 0) is 36.2 Å². The third kappa shape index (κ3) is 3.05. The lowest BCUT2D eigenvalue weighted by molar-refractivity contribution is 0.111. The number of carbonyl (C=O) groups excluding carboxylic acids is 1. The maximum absolute atomic E-state index is 12.8. The van der Waals surface area contributed by atoms with Crippen LogP contribution < -0.4 is 0 Å². The van der Waals surface area contributed by atoms with Crippen LogP contribution in [0.5, 0.6) is 11.5 Å². The lowest BCUT2D eigenvalue weighted by atomic mass is 9.91. The van der Waals surface area contributed by atoms with Gasteiger partial charge in [-0.3, -0.25) is 9.78 Å². The maximum Gasteiger partial charge on any atom is 0.244 e. The Hall–Kier alpha value is -2.49. The molecule has 1 aromatic heterocycles. The van der Waals surface area contributed by atoms with Crippen LogP contribution in [0.2, 0.25) is 0 Å². The molecule has 1 aromatic carbocycles. The summed E-state index contributed by atoms with van der Waals surface area (Å²) in [5.74, 6) is -1.22. The maximum atomic E-state index is 12.8. The van der Waals surface area contributed by atoms with Crippen molar-refractivity contribution < 1.29 is 28.5 Å². The number of hydrogen-bond donors (Lipinski definition) is 3. The van der Waals surface area contributed by atoms with Gasteiger partial charge in [0.05, 0.1) is 18.2 Å². The van der Waals surface area contributed by atoms with Crippen LogP contribution in [0.1, 0.15) is 28.3 Å². The van der Waals surface area contributed by atoms with Crippen LogP contribution in [0.25, 0.3) is 0 Å². The number of aldehydes is 1. The summed E-state index contributed by atoms with van der Waals surface area (Å²) in [5.41, 5.74) is 0.223. The van der Waals surface area contributed by atoms with Gasteiger partial charge in [0, 0.05) is 24.9 Å². The molecular formula is C17H18N2O6S. The van der Waals surface area contributed by atoms with Gasteiger partial charge in [0.25, 0.3) is 0 Å². The van der Waals surface area contributed by atoms with Crippen molar-refractivity contribution >= 4 is 16.3 Å². The van der Waals surface area contributed by atoms with Crippen molar-refractivity contribution in [3.63, 3.8) is 0 Å². The Balaban J connectivity index is 1.97. The molecule has 1 unspecified atom stereocenters. The van der Waals surface area contributed by atoms with E-state index in [0.717, 1.165) is 0 Å². The average Bonchev–Trinajstić information content (AvgIpc) is 3.07. The number of aliphatic hydroxyl groups excluding tert-OH is 1. The van der Waals surface area contributed by atoms with Crippen LogP contribution in [0, 0.1) is 0 Å². The summed E-state index contributed by atoms with van der Waals surface area (Å²) in [6.45, 7) is -0.259. The minimum atomic E-state index is -3.84. The normalized spacial score (nSPS) is 21.0. The van der Waals surface area contributed by atoms with E-state index in [1.807, 2.05) is 0 Å². The second-order valence-electron chi connectivity index (χ2n) is 6.04. The zero-order valence-electron chi connectivity index (χ0n) is 13.7. The summed E-state index contributed by atoms with van der Waals surface area (Å²) in [5, 5.41) is 29.6. The Morgan fingerprint density at radius 1 is 1.27 bits per heavy atom. The number of aromatic nitrogens is 1. The molecule has 1 fully saturated rings. The molecule has 0 radical (unpaired) electrons. The summed E-state index contributed by atoms with van der Waals surface area (Å²) in [4.78, 5) is 14.7. The van der Waals surface area contributed by atoms with Crippen molar-refractivity contribution in [2.75, 3.05) is 13.2 Å². The molecule has 0 saturated carbocycles. The van der Waals surface area contributed by atoms with E-state index in [0.29, 0.717) is 18.3 Å². The van der Waals surface area contributed by atoms with E-state index in [1.165, 1.54) is 41.0 Å². The molecule has 8 nitrogen and oxygen atoms in total. The predicted octanol–water partition coefficient (Wildman–Crippen LogP) is 0.844. The highest BCUT2D eigenvalue weighted by Gasteiger charge is 2.42. The first kappa shape index (κ1) is 18.3. The molecule has 2 aromatic rings. The number of sulfonamides is 1. The van der Waals surface area contributed by atoms with Crippen molar-refractivity contribution in [2.24, 2.45) is 0 Å². The van der Waals surface area contributed by atoms with Crippen molar-refractivity contribution in [1.82, 2.24) is 9.29 Å². The van der Waals surface area contributed by atoms with Crippen LogP contribution in [0.4, 0.5) is 0 Å². The van der Waals surface area contributed by atoms with E-state index >= 15 is 0 Å². The number of rotatable bonds is 5. The van der Waals surface area contributed by atoms with Gasteiger partial charge in [0.1, 0.15) is 16.4 Å². The summed E-state index contributed by atoms with van der Waals surface area (Å²) in [6, 6.07) is 4.82. The molecule has 9 heteroatoms. The van der Waals surface area contributed by atoms with E-state index in [2.05, 4.69) is 4.98 Å². The van der Waals surface area contributed by atoms with Crippen LogP contribution in [-0.2, 0) is 10.0 Å². The average molecular weight is 378 g/mol. The zero-order valence-corrected chi connectivity index (χ0v) is 14.5. The molecule has 1 aliphatic heterocycles. The molecular weight excluding hydrogens is 360 g/mol. The molecule has 0 amide bonds. The van der Waals surface area contributed by atoms with Gasteiger partial charge < -0.3 is 15.3 Å². The number of aromatic hydroxyl groups is 2. The van der Waals surface area contributed by atoms with E-state index in [1.54, 1.807) is 0 Å². The summed E-state index contributed by atoms with van der Waals surface area (Å²) < 4.78 is 26.9. The molecule has 0 aliphatic carbocycles. The lowest BCUT2D eigenvalue weighted by Gasteiger charge is -2.26. The van der Waals surface area contributed by atoms with Crippen LogP contribution in [-0.4, -0.2) is 58.5 Å². The number of nitrogens with zero attached hydrogens (tertiary/aromatic N) is 2. The minimum absolute atomic E-state index is 0.0288. The fourth-order valence-electron chi connectivity index (χ4n) is 3.34. The molecule has 1 saturated heterocycles. The van der Waals surface area contributed by atoms with Crippen molar-refractivity contribution in [2.45, 2.75) is 23.3 Å². The monoisotopic (exact) mass is 378 g/mol. The van der Waals surface area contributed by atoms with Crippen LogP contribution in [0.15, 0.2) is 41.6 Å². The molecule has 0 bridgehead atoms. The zero-order chi connectivity index (χ0) is 18.9. The van der Waals surface area contributed by atoms with Crippen molar-refractivity contribution in [1.29, 1.82) is 0 Å². The van der Waals surface area contributed by atoms with E-state index < -0.39 is 28.6 Å². The highest BCUT2D eigenvalue weighted by atomic mass is 32.2. The van der Waals surface area contributed by atoms with Gasteiger partial charge in [-0.1, -0.05) is 0 Å². The number of hydrogen-bond acceptors (Lipinski definition) is 7. The van der Waals surface area contributed by atoms with Crippen LogP contribution in [0.3, 0.4) is 0 Å². The molecule has 138 valence electrons. The summed E-state index contributed by atoms with van der Waals surface area (Å²) in [7, 11) is -3.84. The second-order valence-corrected chi connectivity index (χ2v) is 7.93. The smallest absolute Gasteiger partial charge is 0.244 e. The molecule has 3 N–H and O–H groups in total. The van der Waals surface area contributed by atoms with Gasteiger partial charge in [-0.2, -0.15) is 4.31 Å². The van der Waals surface area contributed by atoms with E-state index in [-0.39, 0.29) is 28.5 Å². The van der Waals surface area contributed by atoms with Crippen LogP contribution >= 0.6 is 0 Å². The first-order chi connectivity index (χ1) is 12.4. The van der Waals surface area contributed by atoms with Gasteiger partial charge in [0.15, 0.2) is 6.29 Å². The van der Waals surface area contributed by atoms with Gasteiger partial charge in [-0.25, -0.2) is 8.42 Å². The molecule has 3 rings (SSSR count). The SMILES string of the molecule is O=Cc1c(O)cc(C2CCN(S(=O)(=O)c3cccnc3)[C@@H]2CO)cc1O. The third-order valence-corrected chi connectivity index (χ3v) is 6.54. The number of pyridine rings is 1. The standard InChI is InChI=1S/C17H18N2O6S/c20-9-14-16(22)6-11(7-17(14)23)13-3-5-19(15(13)10-21)26(24,25)12-2-1-4-18-8-12/h1-2,4,6-9,13,15,21-23H,3,5,10H2/t13?,15-/m1/s1. The Bertz CT molecular complexity index is 893. The fourth-order valence-corrected chi connectivity index (χ4v) is 4.98. The van der Waals surface area contributed by atoms with Gasteiger partial charge in [-0.15, -0.1) is 0 Å². The quantitative estimate of drug-likeness (QED) is 0.658. The number of aliphatic hydroxyl groups is 1. The highest BCUT2D eigenvalue weighted by molar-refractivity contribution is 7.89. The summed E-state index contributed by atoms with van der Waals surface area (Å²) >= 11 is 0. The first-order valence-corrected chi connectivity index (χ1v) is 9.38. The largest absolute Gasteiger partial charge is 0.507 e. The number of phenols is 2. The Morgan fingerprint density at radius 3 is 2.50 bits per heavy atom. The number of carbonyl (C=O) groups is 1. The fraction of sp³-hybridized carbons (Fsp3) is 0.294. The van der Waals surface area contributed by atoms with Gasteiger partial charge >= 0.3 is 0 Å². The Labute approximate surface area is 150 Å². The first-order valence-electron chi connectivity index (χ1n) is 7.94. The van der Waals surface area contributed by atoms with Crippen molar-refractivity contribution in [3.8, 4) is 11.5 Å². The van der Waals surface area contributed by atoms with Crippen molar-refractivity contribution in [3.05, 3.63) is 47.8 Å². The lowest BCUT2D eigenvalue weighted by Crippen LogP contribution is -2.39. The van der Waals surface area contributed by atoms with E-state index in [4.69, 9.17) is 0 Å². The molecule has 1 aliphatic rings. The Kier molecular flexibility index (Phi) is 4.94. The second kappa shape index (κ2) is 7.02. The Morgan fingerprint density at radius 2 is 1.96 bits per heavy atom. The predicted molar refractivity (Wildman–Crippen MR) is 91.5 cm³/mol. The number of phenolic OH excluding ortho intramolecular Hbond substituents is 2. The molecule has 2 heterocycles. The minimum Gasteiger partial charge on any atom is -0.507 e. The summed E-state index contributed by atoms with van der Waals surface area (Å²) in [6.07, 6.45) is 3.44. The molecule has 26 heavy (non-hydrogen) atoms. The number of benzene rings is 1. The highest BCUT2D eigenvalue weighted by Crippen LogP contribution is 2.40. The molecule has 0 spiro atoms. The topological polar surface area (TPSA) is 128 Å². The van der Waals surface area contributed by atoms with Gasteiger partial charge in [0.2, 0.25) is 10.0 Å².